The zero-order valence-corrected chi connectivity index (χ0v) is 14.9. The number of rotatable bonds is 4. The van der Waals surface area contributed by atoms with E-state index < -0.39 is 22.8 Å². The number of aromatic nitrogens is 4. The quantitative estimate of drug-likeness (QED) is 0.645. The number of pyridine rings is 1. The summed E-state index contributed by atoms with van der Waals surface area (Å²) in [6.07, 6.45) is 2.07. The molecule has 0 atom stereocenters. The Labute approximate surface area is 148 Å². The van der Waals surface area contributed by atoms with Crippen molar-refractivity contribution in [3.63, 3.8) is 0 Å². The van der Waals surface area contributed by atoms with Gasteiger partial charge in [0.25, 0.3) is 5.56 Å². The maximum atomic E-state index is 12.1. The molecular formula is C17H19N5O4. The van der Waals surface area contributed by atoms with Gasteiger partial charge in [-0.05, 0) is 19.4 Å². The second-order valence-corrected chi connectivity index (χ2v) is 6.15. The van der Waals surface area contributed by atoms with Gasteiger partial charge < -0.3 is 20.1 Å². The lowest BCUT2D eigenvalue weighted by Crippen LogP contribution is -2.20. The maximum absolute atomic E-state index is 12.1. The first kappa shape index (κ1) is 17.5. The Morgan fingerprint density at radius 1 is 1.38 bits per heavy atom. The number of hydrogen-bond donors (Lipinski definition) is 3. The zero-order valence-electron chi connectivity index (χ0n) is 14.9. The number of carbonyl (C=O) groups is 1. The summed E-state index contributed by atoms with van der Waals surface area (Å²) in [7, 11) is 3.72. The van der Waals surface area contributed by atoms with Crippen LogP contribution in [0.25, 0.3) is 16.9 Å². The number of H-pyrrole nitrogens is 1. The Morgan fingerprint density at radius 3 is 2.65 bits per heavy atom. The molecule has 9 nitrogen and oxygen atoms in total. The second-order valence-electron chi connectivity index (χ2n) is 6.15. The van der Waals surface area contributed by atoms with Crippen molar-refractivity contribution in [1.82, 2.24) is 19.6 Å². The summed E-state index contributed by atoms with van der Waals surface area (Å²) >= 11 is 0. The summed E-state index contributed by atoms with van der Waals surface area (Å²) in [5, 5.41) is 23.9. The minimum atomic E-state index is -1.48. The van der Waals surface area contributed by atoms with Crippen LogP contribution in [0.4, 0.5) is 5.82 Å². The van der Waals surface area contributed by atoms with E-state index in [0.29, 0.717) is 29.2 Å². The number of aromatic carboxylic acids is 1. The fraction of sp³-hybridized carbons (Fsp3) is 0.294. The van der Waals surface area contributed by atoms with E-state index in [1.165, 1.54) is 0 Å². The van der Waals surface area contributed by atoms with Gasteiger partial charge in [0, 0.05) is 19.7 Å². The van der Waals surface area contributed by atoms with Crippen molar-refractivity contribution in [1.29, 1.82) is 0 Å². The number of aromatic amines is 1. The first-order valence-corrected chi connectivity index (χ1v) is 8.00. The molecule has 0 aromatic carbocycles. The number of fused-ring (bicyclic) bond motifs is 1. The maximum Gasteiger partial charge on any atom is 0.345 e. The van der Waals surface area contributed by atoms with E-state index in [9.17, 15) is 14.7 Å². The average Bonchev–Trinajstić information content (AvgIpc) is 2.96. The first-order chi connectivity index (χ1) is 12.2. The van der Waals surface area contributed by atoms with E-state index in [1.807, 2.05) is 25.9 Å². The number of nitrogens with one attached hydrogen (secondary N) is 1. The molecule has 0 saturated carbocycles. The number of nitrogens with zero attached hydrogens (tertiary/aromatic N) is 4. The first-order valence-electron chi connectivity index (χ1n) is 8.00. The van der Waals surface area contributed by atoms with Crippen molar-refractivity contribution in [3.05, 3.63) is 39.4 Å². The van der Waals surface area contributed by atoms with Crippen LogP contribution in [0.5, 0.6) is 5.75 Å². The SMILES string of the molecule is CCc1c(-c2cc3c(N(C)C)nc(C)cn3n2)[nH]c(=O)c(C(=O)O)c1O. The Kier molecular flexibility index (Phi) is 4.15. The summed E-state index contributed by atoms with van der Waals surface area (Å²) in [6, 6.07) is 1.74. The number of carboxylic acids is 1. The molecule has 0 saturated heterocycles. The van der Waals surface area contributed by atoms with Gasteiger partial charge in [-0.1, -0.05) is 6.92 Å². The molecule has 26 heavy (non-hydrogen) atoms. The van der Waals surface area contributed by atoms with Crippen LogP contribution < -0.4 is 10.5 Å². The van der Waals surface area contributed by atoms with Gasteiger partial charge in [-0.2, -0.15) is 5.10 Å². The Morgan fingerprint density at radius 2 is 2.08 bits per heavy atom. The summed E-state index contributed by atoms with van der Waals surface area (Å²) in [6.45, 7) is 3.61. The number of hydrogen-bond acceptors (Lipinski definition) is 6. The molecular weight excluding hydrogens is 338 g/mol. The minimum Gasteiger partial charge on any atom is -0.506 e. The third kappa shape index (κ3) is 2.67. The number of anilines is 1. The summed E-state index contributed by atoms with van der Waals surface area (Å²) in [5.74, 6) is -1.30. The predicted molar refractivity (Wildman–Crippen MR) is 96.1 cm³/mol. The number of carboxylic acid groups (broad SMARTS) is 1. The van der Waals surface area contributed by atoms with Gasteiger partial charge in [0.05, 0.1) is 17.6 Å². The molecule has 0 spiro atoms. The summed E-state index contributed by atoms with van der Waals surface area (Å²) < 4.78 is 1.65. The monoisotopic (exact) mass is 357 g/mol. The van der Waals surface area contributed by atoms with Crippen molar-refractivity contribution in [2.75, 3.05) is 19.0 Å². The van der Waals surface area contributed by atoms with Crippen LogP contribution in [-0.4, -0.2) is 49.9 Å². The predicted octanol–water partition coefficient (Wildman–Crippen LogP) is 1.43. The Hall–Kier alpha value is -3.36. The van der Waals surface area contributed by atoms with Gasteiger partial charge in [-0.25, -0.2) is 14.3 Å². The summed E-state index contributed by atoms with van der Waals surface area (Å²) in [4.78, 5) is 32.3. The molecule has 3 aromatic heterocycles. The highest BCUT2D eigenvalue weighted by molar-refractivity contribution is 5.92. The fourth-order valence-corrected chi connectivity index (χ4v) is 2.93. The number of aryl methyl sites for hydroxylation is 1. The highest BCUT2D eigenvalue weighted by atomic mass is 16.4. The molecule has 3 aromatic rings. The highest BCUT2D eigenvalue weighted by Crippen LogP contribution is 2.31. The van der Waals surface area contributed by atoms with Gasteiger partial charge in [-0.3, -0.25) is 4.79 Å². The summed E-state index contributed by atoms with van der Waals surface area (Å²) in [5.41, 5.74) is 0.987. The average molecular weight is 357 g/mol. The normalized spacial score (nSPS) is 11.1. The van der Waals surface area contributed by atoms with Gasteiger partial charge >= 0.3 is 5.97 Å². The van der Waals surface area contributed by atoms with Crippen LogP contribution in [0.3, 0.4) is 0 Å². The van der Waals surface area contributed by atoms with Gasteiger partial charge in [-0.15, -0.1) is 0 Å². The van der Waals surface area contributed by atoms with E-state index in [1.54, 1.807) is 23.7 Å². The van der Waals surface area contributed by atoms with E-state index >= 15 is 0 Å². The van der Waals surface area contributed by atoms with Crippen LogP contribution in [0.2, 0.25) is 0 Å². The van der Waals surface area contributed by atoms with E-state index in [-0.39, 0.29) is 0 Å². The fourth-order valence-electron chi connectivity index (χ4n) is 2.93. The van der Waals surface area contributed by atoms with Gasteiger partial charge in [0.1, 0.15) is 17.0 Å². The van der Waals surface area contributed by atoms with Crippen LogP contribution in [0, 0.1) is 6.92 Å². The van der Waals surface area contributed by atoms with Gasteiger partial charge in [0.15, 0.2) is 11.4 Å². The smallest absolute Gasteiger partial charge is 0.345 e. The molecule has 0 aliphatic heterocycles. The molecule has 136 valence electrons. The van der Waals surface area contributed by atoms with Crippen molar-refractivity contribution in [3.8, 4) is 17.1 Å². The van der Waals surface area contributed by atoms with Crippen LogP contribution in [-0.2, 0) is 6.42 Å². The topological polar surface area (TPSA) is 124 Å². The molecule has 0 radical (unpaired) electrons. The minimum absolute atomic E-state index is 0.297. The molecule has 3 heterocycles. The molecule has 0 fully saturated rings. The Balaban J connectivity index is 2.32. The largest absolute Gasteiger partial charge is 0.506 e. The van der Waals surface area contributed by atoms with Crippen LogP contribution >= 0.6 is 0 Å². The van der Waals surface area contributed by atoms with Crippen LogP contribution in [0.15, 0.2) is 17.1 Å². The molecule has 3 rings (SSSR count). The molecule has 9 heteroatoms. The molecule has 0 bridgehead atoms. The molecule has 0 amide bonds. The van der Waals surface area contributed by atoms with E-state index in [4.69, 9.17) is 5.11 Å². The molecule has 3 N–H and O–H groups in total. The highest BCUT2D eigenvalue weighted by Gasteiger charge is 2.23. The van der Waals surface area contributed by atoms with Crippen LogP contribution in [0.1, 0.15) is 28.5 Å². The van der Waals surface area contributed by atoms with E-state index in [2.05, 4.69) is 15.1 Å². The zero-order chi connectivity index (χ0) is 19.2. The van der Waals surface area contributed by atoms with E-state index in [0.717, 1.165) is 11.2 Å². The molecule has 0 unspecified atom stereocenters. The Bertz CT molecular complexity index is 1080. The lowest BCUT2D eigenvalue weighted by molar-refractivity contribution is 0.0691. The standard InChI is InChI=1S/C17H19N5O4/c1-5-9-13(19-16(24)12(14(9)23)17(25)26)10-6-11-15(21(3)4)18-8(2)7-22(11)20-10/h6-7H,5H2,1-4H3,(H,25,26)(H2,19,23,24). The lowest BCUT2D eigenvalue weighted by Gasteiger charge is -2.12. The van der Waals surface area contributed by atoms with Gasteiger partial charge in [0.2, 0.25) is 0 Å². The molecule has 0 aliphatic rings. The second kappa shape index (κ2) is 6.17. The lowest BCUT2D eigenvalue weighted by atomic mass is 10.0. The third-order valence-electron chi connectivity index (χ3n) is 4.09. The van der Waals surface area contributed by atoms with Crippen molar-refractivity contribution in [2.24, 2.45) is 0 Å². The van der Waals surface area contributed by atoms with Crippen molar-refractivity contribution in [2.45, 2.75) is 20.3 Å². The number of aromatic hydroxyl groups is 1. The molecule has 0 aliphatic carbocycles. The van der Waals surface area contributed by atoms with Crippen molar-refractivity contribution < 1.29 is 15.0 Å². The third-order valence-corrected chi connectivity index (χ3v) is 4.09. The van der Waals surface area contributed by atoms with Crippen molar-refractivity contribution >= 4 is 17.3 Å².